The van der Waals surface area contributed by atoms with E-state index in [9.17, 15) is 14.9 Å². The van der Waals surface area contributed by atoms with Crippen LogP contribution in [0.15, 0.2) is 64.5 Å². The SMILES string of the molecule is Cc1c(/C=N/Nc2cccc([N+](=O)[O-])c2)n(C)n(-c2ccccc2)c1=O. The number of hydrogen-bond donors (Lipinski definition) is 1. The maximum atomic E-state index is 12.5. The molecule has 0 aliphatic rings. The molecule has 1 heterocycles. The lowest BCUT2D eigenvalue weighted by atomic mass is 10.3. The van der Waals surface area contributed by atoms with Crippen LogP contribution in [0, 0.1) is 17.0 Å². The third-order valence-corrected chi connectivity index (χ3v) is 3.98. The summed E-state index contributed by atoms with van der Waals surface area (Å²) in [7, 11) is 1.77. The first-order chi connectivity index (χ1) is 12.5. The molecule has 0 fully saturated rings. The van der Waals surface area contributed by atoms with Crippen molar-refractivity contribution in [2.75, 3.05) is 5.43 Å². The average molecular weight is 351 g/mol. The number of nitrogens with one attached hydrogen (secondary N) is 1. The highest BCUT2D eigenvalue weighted by Gasteiger charge is 2.14. The summed E-state index contributed by atoms with van der Waals surface area (Å²) in [5, 5.41) is 14.9. The molecule has 0 atom stereocenters. The van der Waals surface area contributed by atoms with E-state index in [-0.39, 0.29) is 11.2 Å². The second-order valence-corrected chi connectivity index (χ2v) is 5.66. The number of hydrazone groups is 1. The minimum Gasteiger partial charge on any atom is -0.279 e. The summed E-state index contributed by atoms with van der Waals surface area (Å²) < 4.78 is 3.27. The highest BCUT2D eigenvalue weighted by Crippen LogP contribution is 2.17. The Morgan fingerprint density at radius 1 is 1.15 bits per heavy atom. The van der Waals surface area contributed by atoms with E-state index in [2.05, 4.69) is 10.5 Å². The number of nitrogens with zero attached hydrogens (tertiary/aromatic N) is 4. The lowest BCUT2D eigenvalue weighted by Crippen LogP contribution is -2.20. The van der Waals surface area contributed by atoms with E-state index >= 15 is 0 Å². The third kappa shape index (κ3) is 3.25. The molecule has 0 unspecified atom stereocenters. The Bertz CT molecular complexity index is 1030. The van der Waals surface area contributed by atoms with Gasteiger partial charge in [0.25, 0.3) is 11.2 Å². The minimum absolute atomic E-state index is 0.0241. The predicted octanol–water partition coefficient (Wildman–Crippen LogP) is 2.84. The van der Waals surface area contributed by atoms with Gasteiger partial charge in [0.2, 0.25) is 0 Å². The first-order valence-electron chi connectivity index (χ1n) is 7.86. The van der Waals surface area contributed by atoms with Gasteiger partial charge >= 0.3 is 0 Å². The first kappa shape index (κ1) is 17.2. The topological polar surface area (TPSA) is 94.5 Å². The number of rotatable bonds is 5. The second kappa shape index (κ2) is 7.06. The Labute approximate surface area is 149 Å². The van der Waals surface area contributed by atoms with Crippen molar-refractivity contribution in [1.29, 1.82) is 0 Å². The fourth-order valence-electron chi connectivity index (χ4n) is 2.65. The van der Waals surface area contributed by atoms with Crippen molar-refractivity contribution in [3.63, 3.8) is 0 Å². The molecular weight excluding hydrogens is 334 g/mol. The van der Waals surface area contributed by atoms with Crippen molar-refractivity contribution in [2.45, 2.75) is 6.92 Å². The van der Waals surface area contributed by atoms with Crippen molar-refractivity contribution in [3.05, 3.63) is 86.3 Å². The molecule has 0 amide bonds. The van der Waals surface area contributed by atoms with Gasteiger partial charge in [0.1, 0.15) is 0 Å². The van der Waals surface area contributed by atoms with E-state index < -0.39 is 4.92 Å². The zero-order chi connectivity index (χ0) is 18.7. The average Bonchev–Trinajstić information content (AvgIpc) is 2.86. The van der Waals surface area contributed by atoms with Crippen LogP contribution in [-0.4, -0.2) is 20.5 Å². The number of hydrogen-bond acceptors (Lipinski definition) is 5. The summed E-state index contributed by atoms with van der Waals surface area (Å²) in [6, 6.07) is 15.3. The molecule has 2 aromatic carbocycles. The molecule has 1 N–H and O–H groups in total. The molecule has 1 aromatic heterocycles. The molecule has 0 spiro atoms. The van der Waals surface area contributed by atoms with Crippen LogP contribution in [0.1, 0.15) is 11.3 Å². The number of nitro benzene ring substituents is 1. The summed E-state index contributed by atoms with van der Waals surface area (Å²) in [6.45, 7) is 1.73. The summed E-state index contributed by atoms with van der Waals surface area (Å²) in [5.74, 6) is 0. The Morgan fingerprint density at radius 2 is 1.88 bits per heavy atom. The number of nitro groups is 1. The van der Waals surface area contributed by atoms with E-state index in [1.54, 1.807) is 35.5 Å². The second-order valence-electron chi connectivity index (χ2n) is 5.66. The van der Waals surface area contributed by atoms with Crippen LogP contribution >= 0.6 is 0 Å². The van der Waals surface area contributed by atoms with Crippen LogP contribution in [0.5, 0.6) is 0 Å². The van der Waals surface area contributed by atoms with Gasteiger partial charge in [-0.15, -0.1) is 0 Å². The highest BCUT2D eigenvalue weighted by atomic mass is 16.6. The molecular formula is C18H17N5O3. The van der Waals surface area contributed by atoms with Gasteiger partial charge < -0.3 is 0 Å². The van der Waals surface area contributed by atoms with E-state index in [1.165, 1.54) is 18.3 Å². The molecule has 3 rings (SSSR count). The molecule has 0 radical (unpaired) electrons. The lowest BCUT2D eigenvalue weighted by Gasteiger charge is -2.08. The van der Waals surface area contributed by atoms with E-state index in [0.29, 0.717) is 16.9 Å². The van der Waals surface area contributed by atoms with Crippen LogP contribution in [0.2, 0.25) is 0 Å². The van der Waals surface area contributed by atoms with Gasteiger partial charge in [-0.2, -0.15) is 5.10 Å². The van der Waals surface area contributed by atoms with Crippen molar-refractivity contribution < 1.29 is 4.92 Å². The molecule has 132 valence electrons. The maximum absolute atomic E-state index is 12.5. The Kier molecular flexibility index (Phi) is 4.66. The first-order valence-corrected chi connectivity index (χ1v) is 7.86. The molecule has 0 saturated carbocycles. The zero-order valence-electron chi connectivity index (χ0n) is 14.3. The highest BCUT2D eigenvalue weighted by molar-refractivity contribution is 5.80. The zero-order valence-corrected chi connectivity index (χ0v) is 14.3. The van der Waals surface area contributed by atoms with Crippen LogP contribution in [0.25, 0.3) is 5.69 Å². The Morgan fingerprint density at radius 3 is 2.58 bits per heavy atom. The van der Waals surface area contributed by atoms with Crippen LogP contribution in [0.4, 0.5) is 11.4 Å². The lowest BCUT2D eigenvalue weighted by molar-refractivity contribution is -0.384. The molecule has 26 heavy (non-hydrogen) atoms. The fourth-order valence-corrected chi connectivity index (χ4v) is 2.65. The van der Waals surface area contributed by atoms with E-state index in [0.717, 1.165) is 5.69 Å². The Hall–Kier alpha value is -3.68. The van der Waals surface area contributed by atoms with Gasteiger partial charge in [-0.25, -0.2) is 4.68 Å². The molecule has 8 heteroatoms. The largest absolute Gasteiger partial charge is 0.279 e. The fraction of sp³-hybridized carbons (Fsp3) is 0.111. The normalized spacial score (nSPS) is 11.0. The van der Waals surface area contributed by atoms with Crippen LogP contribution in [-0.2, 0) is 7.05 Å². The number of aromatic nitrogens is 2. The number of non-ortho nitro benzene ring substituents is 1. The third-order valence-electron chi connectivity index (χ3n) is 3.98. The number of benzene rings is 2. The van der Waals surface area contributed by atoms with E-state index in [4.69, 9.17) is 0 Å². The van der Waals surface area contributed by atoms with Gasteiger partial charge in [0, 0.05) is 24.7 Å². The van der Waals surface area contributed by atoms with Crippen molar-refractivity contribution >= 4 is 17.6 Å². The van der Waals surface area contributed by atoms with Crippen molar-refractivity contribution in [3.8, 4) is 5.69 Å². The summed E-state index contributed by atoms with van der Waals surface area (Å²) in [6.07, 6.45) is 1.52. The number of anilines is 1. The smallest absolute Gasteiger partial charge is 0.274 e. The monoisotopic (exact) mass is 351 g/mol. The molecule has 0 aliphatic carbocycles. The van der Waals surface area contributed by atoms with Crippen molar-refractivity contribution in [1.82, 2.24) is 9.36 Å². The van der Waals surface area contributed by atoms with E-state index in [1.807, 2.05) is 30.3 Å². The van der Waals surface area contributed by atoms with Gasteiger partial charge in [-0.05, 0) is 25.1 Å². The maximum Gasteiger partial charge on any atom is 0.274 e. The molecule has 0 bridgehead atoms. The summed E-state index contributed by atoms with van der Waals surface area (Å²) in [4.78, 5) is 22.9. The molecule has 3 aromatic rings. The van der Waals surface area contributed by atoms with Crippen molar-refractivity contribution in [2.24, 2.45) is 12.1 Å². The van der Waals surface area contributed by atoms with Crippen LogP contribution < -0.4 is 11.0 Å². The summed E-state index contributed by atoms with van der Waals surface area (Å²) in [5.41, 5.74) is 5.04. The quantitative estimate of drug-likeness (QED) is 0.434. The van der Waals surface area contributed by atoms with Gasteiger partial charge in [0.15, 0.2) is 0 Å². The van der Waals surface area contributed by atoms with Gasteiger partial charge in [-0.3, -0.25) is 25.0 Å². The molecule has 0 aliphatic heterocycles. The Balaban J connectivity index is 1.89. The molecule has 8 nitrogen and oxygen atoms in total. The number of para-hydroxylation sites is 1. The summed E-state index contributed by atoms with van der Waals surface area (Å²) >= 11 is 0. The molecule has 0 saturated heterocycles. The minimum atomic E-state index is -0.470. The predicted molar refractivity (Wildman–Crippen MR) is 100 cm³/mol. The van der Waals surface area contributed by atoms with Gasteiger partial charge in [-0.1, -0.05) is 24.3 Å². The van der Waals surface area contributed by atoms with Crippen LogP contribution in [0.3, 0.4) is 0 Å². The standard InChI is InChI=1S/C18H17N5O3/c1-13-17(12-19-20-14-7-6-10-16(11-14)23(25)26)21(2)22(18(13)24)15-8-4-3-5-9-15/h3-12,20H,1-2H3/b19-12+. The van der Waals surface area contributed by atoms with Gasteiger partial charge in [0.05, 0.1) is 28.2 Å².